The van der Waals surface area contributed by atoms with Crippen molar-refractivity contribution >= 4 is 28.7 Å². The van der Waals surface area contributed by atoms with Crippen LogP contribution in [0.15, 0.2) is 48.5 Å². The standard InChI is InChI=1S/C24H32N4O/c29-24(26-20-11-13-21(14-12-20)27-15-5-1-6-16-27)19-25-22-9-3-4-10-23(22)28-17-7-2-8-18-28/h3-4,9-14,25H,1-2,5-8,15-19H2,(H,26,29). The Morgan fingerprint density at radius 3 is 2.07 bits per heavy atom. The van der Waals surface area contributed by atoms with E-state index in [0.717, 1.165) is 37.6 Å². The highest BCUT2D eigenvalue weighted by molar-refractivity contribution is 5.94. The molecule has 2 aromatic rings. The monoisotopic (exact) mass is 392 g/mol. The lowest BCUT2D eigenvalue weighted by Crippen LogP contribution is -2.30. The van der Waals surface area contributed by atoms with Crippen LogP contribution >= 0.6 is 0 Å². The summed E-state index contributed by atoms with van der Waals surface area (Å²) in [6.45, 7) is 4.71. The molecule has 2 heterocycles. The van der Waals surface area contributed by atoms with Crippen LogP contribution in [0, 0.1) is 0 Å². The summed E-state index contributed by atoms with van der Waals surface area (Å²) in [6.07, 6.45) is 7.65. The fourth-order valence-electron chi connectivity index (χ4n) is 4.32. The van der Waals surface area contributed by atoms with Crippen molar-refractivity contribution in [3.05, 3.63) is 48.5 Å². The van der Waals surface area contributed by atoms with Crippen LogP contribution in [-0.2, 0) is 4.79 Å². The largest absolute Gasteiger partial charge is 0.374 e. The van der Waals surface area contributed by atoms with Gasteiger partial charge in [-0.25, -0.2) is 0 Å². The van der Waals surface area contributed by atoms with Crippen LogP contribution < -0.4 is 20.4 Å². The summed E-state index contributed by atoms with van der Waals surface area (Å²) in [5.41, 5.74) is 4.33. The molecule has 2 aliphatic heterocycles. The second-order valence-electron chi connectivity index (χ2n) is 8.06. The Labute approximate surface area is 174 Å². The molecule has 5 heteroatoms. The van der Waals surface area contributed by atoms with Gasteiger partial charge in [-0.05, 0) is 74.9 Å². The molecule has 0 aromatic heterocycles. The Hall–Kier alpha value is -2.69. The molecule has 0 bridgehead atoms. The Kier molecular flexibility index (Phi) is 6.55. The van der Waals surface area contributed by atoms with Crippen LogP contribution in [0.2, 0.25) is 0 Å². The van der Waals surface area contributed by atoms with Crippen LogP contribution in [0.4, 0.5) is 22.7 Å². The molecule has 2 saturated heterocycles. The van der Waals surface area contributed by atoms with E-state index < -0.39 is 0 Å². The highest BCUT2D eigenvalue weighted by Crippen LogP contribution is 2.28. The predicted molar refractivity (Wildman–Crippen MR) is 122 cm³/mol. The second-order valence-corrected chi connectivity index (χ2v) is 8.06. The summed E-state index contributed by atoms with van der Waals surface area (Å²) in [5.74, 6) is -0.0239. The van der Waals surface area contributed by atoms with Gasteiger partial charge in [0.2, 0.25) is 5.91 Å². The minimum Gasteiger partial charge on any atom is -0.374 e. The maximum absolute atomic E-state index is 12.5. The molecule has 2 fully saturated rings. The molecule has 154 valence electrons. The number of hydrogen-bond donors (Lipinski definition) is 2. The Balaban J connectivity index is 1.31. The molecule has 0 spiro atoms. The van der Waals surface area contributed by atoms with E-state index in [0.29, 0.717) is 0 Å². The summed E-state index contributed by atoms with van der Waals surface area (Å²) in [5, 5.41) is 6.34. The van der Waals surface area contributed by atoms with Crippen LogP contribution in [-0.4, -0.2) is 38.6 Å². The van der Waals surface area contributed by atoms with Gasteiger partial charge in [-0.1, -0.05) is 12.1 Å². The topological polar surface area (TPSA) is 47.6 Å². The lowest BCUT2D eigenvalue weighted by atomic mass is 10.1. The molecule has 0 radical (unpaired) electrons. The van der Waals surface area contributed by atoms with Crippen molar-refractivity contribution in [1.29, 1.82) is 0 Å². The molecule has 0 aliphatic carbocycles. The summed E-state index contributed by atoms with van der Waals surface area (Å²) in [6, 6.07) is 16.5. The maximum Gasteiger partial charge on any atom is 0.243 e. The minimum absolute atomic E-state index is 0.0239. The van der Waals surface area contributed by atoms with Crippen molar-refractivity contribution in [2.45, 2.75) is 38.5 Å². The number of nitrogens with zero attached hydrogens (tertiary/aromatic N) is 2. The van der Waals surface area contributed by atoms with Gasteiger partial charge < -0.3 is 20.4 Å². The first-order valence-electron chi connectivity index (χ1n) is 11.0. The fraction of sp³-hybridized carbons (Fsp3) is 0.458. The van der Waals surface area contributed by atoms with E-state index in [1.807, 2.05) is 18.2 Å². The molecule has 0 saturated carbocycles. The Morgan fingerprint density at radius 2 is 1.38 bits per heavy atom. The third kappa shape index (κ3) is 5.22. The van der Waals surface area contributed by atoms with Gasteiger partial charge in [0, 0.05) is 37.6 Å². The molecule has 1 amide bonds. The first-order valence-corrected chi connectivity index (χ1v) is 11.0. The van der Waals surface area contributed by atoms with Gasteiger partial charge in [0.15, 0.2) is 0 Å². The molecular formula is C24H32N4O. The molecular weight excluding hydrogens is 360 g/mol. The SMILES string of the molecule is O=C(CNc1ccccc1N1CCCCC1)Nc1ccc(N2CCCCC2)cc1. The Morgan fingerprint density at radius 1 is 0.759 bits per heavy atom. The van der Waals surface area contributed by atoms with Crippen LogP contribution in [0.5, 0.6) is 0 Å². The molecule has 2 aliphatic rings. The van der Waals surface area contributed by atoms with Crippen LogP contribution in [0.1, 0.15) is 38.5 Å². The van der Waals surface area contributed by atoms with Gasteiger partial charge in [-0.15, -0.1) is 0 Å². The molecule has 2 N–H and O–H groups in total. The number of amides is 1. The zero-order chi connectivity index (χ0) is 19.9. The van der Waals surface area contributed by atoms with E-state index in [4.69, 9.17) is 0 Å². The number of piperidine rings is 2. The minimum atomic E-state index is -0.0239. The average Bonchev–Trinajstić information content (AvgIpc) is 2.80. The van der Waals surface area contributed by atoms with Crippen LogP contribution in [0.25, 0.3) is 0 Å². The quantitative estimate of drug-likeness (QED) is 0.747. The summed E-state index contributed by atoms with van der Waals surface area (Å²) in [7, 11) is 0. The second kappa shape index (κ2) is 9.68. The van der Waals surface area contributed by atoms with E-state index in [-0.39, 0.29) is 12.5 Å². The van der Waals surface area contributed by atoms with Gasteiger partial charge >= 0.3 is 0 Å². The highest BCUT2D eigenvalue weighted by atomic mass is 16.1. The van der Waals surface area contributed by atoms with Crippen LogP contribution in [0.3, 0.4) is 0 Å². The first kappa shape index (κ1) is 19.6. The number of benzene rings is 2. The fourth-order valence-corrected chi connectivity index (χ4v) is 4.32. The molecule has 0 atom stereocenters. The normalized spacial score (nSPS) is 17.1. The highest BCUT2D eigenvalue weighted by Gasteiger charge is 2.15. The number of rotatable bonds is 6. The van der Waals surface area contributed by atoms with Gasteiger partial charge in [-0.3, -0.25) is 4.79 Å². The van der Waals surface area contributed by atoms with Crippen molar-refractivity contribution in [3.63, 3.8) is 0 Å². The summed E-state index contributed by atoms with van der Waals surface area (Å²) in [4.78, 5) is 17.3. The smallest absolute Gasteiger partial charge is 0.243 e. The predicted octanol–water partition coefficient (Wildman–Crippen LogP) is 4.72. The van der Waals surface area contributed by atoms with E-state index in [1.165, 1.54) is 49.9 Å². The molecule has 2 aromatic carbocycles. The van der Waals surface area contributed by atoms with E-state index in [1.54, 1.807) is 0 Å². The summed E-state index contributed by atoms with van der Waals surface area (Å²) >= 11 is 0. The average molecular weight is 393 g/mol. The molecule has 5 nitrogen and oxygen atoms in total. The van der Waals surface area contributed by atoms with Crippen molar-refractivity contribution in [2.24, 2.45) is 0 Å². The molecule has 4 rings (SSSR count). The number of carbonyl (C=O) groups excluding carboxylic acids is 1. The summed E-state index contributed by atoms with van der Waals surface area (Å²) < 4.78 is 0. The third-order valence-corrected chi connectivity index (χ3v) is 5.91. The van der Waals surface area contributed by atoms with E-state index in [9.17, 15) is 4.79 Å². The van der Waals surface area contributed by atoms with Crippen molar-refractivity contribution in [2.75, 3.05) is 53.2 Å². The maximum atomic E-state index is 12.5. The molecule has 29 heavy (non-hydrogen) atoms. The van der Waals surface area contributed by atoms with E-state index >= 15 is 0 Å². The number of carbonyl (C=O) groups is 1. The Bertz CT molecular complexity index is 793. The van der Waals surface area contributed by atoms with Crippen molar-refractivity contribution in [3.8, 4) is 0 Å². The van der Waals surface area contributed by atoms with Gasteiger partial charge in [0.25, 0.3) is 0 Å². The first-order chi connectivity index (χ1) is 14.3. The number of para-hydroxylation sites is 2. The third-order valence-electron chi connectivity index (χ3n) is 5.91. The van der Waals surface area contributed by atoms with Gasteiger partial charge in [0.1, 0.15) is 0 Å². The van der Waals surface area contributed by atoms with Crippen molar-refractivity contribution < 1.29 is 4.79 Å². The number of anilines is 4. The zero-order valence-corrected chi connectivity index (χ0v) is 17.2. The lowest BCUT2D eigenvalue weighted by Gasteiger charge is -2.30. The molecule has 0 unspecified atom stereocenters. The number of nitrogens with one attached hydrogen (secondary N) is 2. The number of hydrogen-bond acceptors (Lipinski definition) is 4. The van der Waals surface area contributed by atoms with Gasteiger partial charge in [-0.2, -0.15) is 0 Å². The van der Waals surface area contributed by atoms with Gasteiger partial charge in [0.05, 0.1) is 17.9 Å². The van der Waals surface area contributed by atoms with Crippen molar-refractivity contribution in [1.82, 2.24) is 0 Å². The van der Waals surface area contributed by atoms with E-state index in [2.05, 4.69) is 50.8 Å². The lowest BCUT2D eigenvalue weighted by molar-refractivity contribution is -0.114. The zero-order valence-electron chi connectivity index (χ0n) is 17.2.